The van der Waals surface area contributed by atoms with Crippen LogP contribution in [0.25, 0.3) is 0 Å². The van der Waals surface area contributed by atoms with E-state index in [1.807, 2.05) is 50.4 Å². The van der Waals surface area contributed by atoms with Gasteiger partial charge < -0.3 is 10.1 Å². The van der Waals surface area contributed by atoms with E-state index in [0.29, 0.717) is 6.61 Å². The Morgan fingerprint density at radius 3 is 2.53 bits per heavy atom. The summed E-state index contributed by atoms with van der Waals surface area (Å²) in [6, 6.07) is 14.6. The van der Waals surface area contributed by atoms with Crippen LogP contribution in [0.4, 0.5) is 4.39 Å². The van der Waals surface area contributed by atoms with E-state index in [2.05, 4.69) is 5.32 Å². The van der Waals surface area contributed by atoms with Crippen LogP contribution in [0, 0.1) is 12.7 Å². The minimum Gasteiger partial charge on any atom is -0.492 e. The molecule has 0 aliphatic carbocycles. The third-order valence-electron chi connectivity index (χ3n) is 2.98. The van der Waals surface area contributed by atoms with E-state index in [1.54, 1.807) is 6.07 Å². The maximum absolute atomic E-state index is 13.4. The number of likely N-dealkylation sites (N-methyl/N-ethyl adjacent to an activating group) is 1. The van der Waals surface area contributed by atoms with E-state index >= 15 is 0 Å². The molecule has 0 saturated heterocycles. The van der Waals surface area contributed by atoms with Gasteiger partial charge in [0.1, 0.15) is 18.2 Å². The van der Waals surface area contributed by atoms with Gasteiger partial charge in [0, 0.05) is 0 Å². The van der Waals surface area contributed by atoms with Gasteiger partial charge in [-0.15, -0.1) is 0 Å². The zero-order chi connectivity index (χ0) is 13.7. The van der Waals surface area contributed by atoms with Crippen molar-refractivity contribution in [1.29, 1.82) is 0 Å². The molecule has 0 aliphatic heterocycles. The van der Waals surface area contributed by atoms with Crippen LogP contribution in [0.1, 0.15) is 17.2 Å². The monoisotopic (exact) mass is 259 g/mol. The first kappa shape index (κ1) is 13.6. The summed E-state index contributed by atoms with van der Waals surface area (Å²) in [4.78, 5) is 0. The lowest BCUT2D eigenvalue weighted by Gasteiger charge is -2.18. The van der Waals surface area contributed by atoms with Gasteiger partial charge in [-0.05, 0) is 49.4 Å². The second-order valence-electron chi connectivity index (χ2n) is 4.53. The van der Waals surface area contributed by atoms with Gasteiger partial charge in [0.2, 0.25) is 0 Å². The van der Waals surface area contributed by atoms with Crippen molar-refractivity contribution in [1.82, 2.24) is 5.32 Å². The molecule has 0 aliphatic rings. The van der Waals surface area contributed by atoms with Crippen LogP contribution >= 0.6 is 0 Å². The lowest BCUT2D eigenvalue weighted by molar-refractivity contribution is 0.273. The van der Waals surface area contributed by atoms with Crippen LogP contribution in [-0.4, -0.2) is 13.7 Å². The van der Waals surface area contributed by atoms with Crippen molar-refractivity contribution in [3.05, 3.63) is 65.5 Å². The Labute approximate surface area is 113 Å². The van der Waals surface area contributed by atoms with Crippen molar-refractivity contribution in [2.45, 2.75) is 13.0 Å². The first-order valence-electron chi connectivity index (χ1n) is 6.31. The lowest BCUT2D eigenvalue weighted by Crippen LogP contribution is -2.23. The molecule has 3 heteroatoms. The Morgan fingerprint density at radius 2 is 1.89 bits per heavy atom. The molecule has 1 N–H and O–H groups in total. The van der Waals surface area contributed by atoms with E-state index in [-0.39, 0.29) is 11.9 Å². The van der Waals surface area contributed by atoms with Crippen LogP contribution < -0.4 is 10.1 Å². The third kappa shape index (κ3) is 3.80. The number of nitrogens with one attached hydrogen (secondary N) is 1. The second-order valence-corrected chi connectivity index (χ2v) is 4.53. The summed E-state index contributed by atoms with van der Waals surface area (Å²) in [5.41, 5.74) is 1.81. The topological polar surface area (TPSA) is 21.3 Å². The second kappa shape index (κ2) is 6.34. The molecule has 2 aromatic rings. The molecule has 0 amide bonds. The zero-order valence-corrected chi connectivity index (χ0v) is 11.2. The Kier molecular flexibility index (Phi) is 4.53. The number of hydrogen-bond donors (Lipinski definition) is 1. The number of aryl methyl sites for hydroxylation is 1. The van der Waals surface area contributed by atoms with Gasteiger partial charge in [-0.2, -0.15) is 0 Å². The fourth-order valence-corrected chi connectivity index (χ4v) is 2.01. The van der Waals surface area contributed by atoms with E-state index in [1.165, 1.54) is 6.07 Å². The van der Waals surface area contributed by atoms with Gasteiger partial charge in [-0.3, -0.25) is 0 Å². The Hall–Kier alpha value is -1.87. The fraction of sp³-hybridized carbons (Fsp3) is 0.250. The predicted molar refractivity (Wildman–Crippen MR) is 74.9 cm³/mol. The Bertz CT molecular complexity index is 507. The molecule has 0 fully saturated rings. The summed E-state index contributed by atoms with van der Waals surface area (Å²) in [6.07, 6.45) is 0. The van der Waals surface area contributed by atoms with Gasteiger partial charge in [-0.25, -0.2) is 4.39 Å². The average Bonchev–Trinajstić information content (AvgIpc) is 2.39. The summed E-state index contributed by atoms with van der Waals surface area (Å²) in [5, 5.41) is 3.15. The van der Waals surface area contributed by atoms with Crippen molar-refractivity contribution in [3.8, 4) is 5.75 Å². The first-order chi connectivity index (χ1) is 9.19. The molecular weight excluding hydrogens is 241 g/mol. The molecular formula is C16H18FNO. The van der Waals surface area contributed by atoms with Gasteiger partial charge >= 0.3 is 0 Å². The maximum atomic E-state index is 13.4. The van der Waals surface area contributed by atoms with E-state index in [9.17, 15) is 4.39 Å². The van der Waals surface area contributed by atoms with E-state index in [0.717, 1.165) is 16.9 Å². The van der Waals surface area contributed by atoms with Crippen LogP contribution in [0.3, 0.4) is 0 Å². The fourth-order valence-electron chi connectivity index (χ4n) is 2.01. The number of rotatable bonds is 5. The molecule has 1 atom stereocenters. The normalized spacial score (nSPS) is 12.2. The highest BCUT2D eigenvalue weighted by Gasteiger charge is 2.11. The quantitative estimate of drug-likeness (QED) is 0.887. The van der Waals surface area contributed by atoms with Gasteiger partial charge in [0.25, 0.3) is 0 Å². The Balaban J connectivity index is 2.07. The van der Waals surface area contributed by atoms with Crippen molar-refractivity contribution in [3.63, 3.8) is 0 Å². The molecule has 0 saturated carbocycles. The summed E-state index contributed by atoms with van der Waals surface area (Å²) < 4.78 is 19.1. The SMILES string of the molecule is CNC(COc1ccccc1)c1cc(C)cc(F)c1. The first-order valence-corrected chi connectivity index (χ1v) is 6.31. The highest BCUT2D eigenvalue weighted by atomic mass is 19.1. The van der Waals surface area contributed by atoms with Crippen molar-refractivity contribution in [2.75, 3.05) is 13.7 Å². The van der Waals surface area contributed by atoms with Crippen LogP contribution in [0.5, 0.6) is 5.75 Å². The van der Waals surface area contributed by atoms with Crippen molar-refractivity contribution in [2.24, 2.45) is 0 Å². The number of hydrogen-bond acceptors (Lipinski definition) is 2. The molecule has 0 aromatic heterocycles. The summed E-state index contributed by atoms with van der Waals surface area (Å²) in [6.45, 7) is 2.35. The molecule has 19 heavy (non-hydrogen) atoms. The van der Waals surface area contributed by atoms with E-state index in [4.69, 9.17) is 4.74 Å². The number of halogens is 1. The standard InChI is InChI=1S/C16H18FNO/c1-12-8-13(10-14(17)9-12)16(18-2)11-19-15-6-4-3-5-7-15/h3-10,16,18H,11H2,1-2H3. The summed E-state index contributed by atoms with van der Waals surface area (Å²) >= 11 is 0. The Morgan fingerprint density at radius 1 is 1.16 bits per heavy atom. The molecule has 2 rings (SSSR count). The molecule has 0 heterocycles. The molecule has 2 nitrogen and oxygen atoms in total. The minimum atomic E-state index is -0.213. The summed E-state index contributed by atoms with van der Waals surface area (Å²) in [7, 11) is 1.85. The molecule has 0 radical (unpaired) electrons. The maximum Gasteiger partial charge on any atom is 0.123 e. The summed E-state index contributed by atoms with van der Waals surface area (Å²) in [5.74, 6) is 0.603. The molecule has 2 aromatic carbocycles. The van der Waals surface area contributed by atoms with Crippen molar-refractivity contribution >= 4 is 0 Å². The van der Waals surface area contributed by atoms with Gasteiger partial charge in [0.15, 0.2) is 0 Å². The van der Waals surface area contributed by atoms with Crippen LogP contribution in [0.2, 0.25) is 0 Å². The molecule has 0 spiro atoms. The van der Waals surface area contributed by atoms with E-state index < -0.39 is 0 Å². The highest BCUT2D eigenvalue weighted by molar-refractivity contribution is 5.27. The number of benzene rings is 2. The smallest absolute Gasteiger partial charge is 0.123 e. The molecule has 0 bridgehead atoms. The zero-order valence-electron chi connectivity index (χ0n) is 11.2. The molecule has 1 unspecified atom stereocenters. The van der Waals surface area contributed by atoms with Crippen LogP contribution in [0.15, 0.2) is 48.5 Å². The average molecular weight is 259 g/mol. The minimum absolute atomic E-state index is 0.0328. The third-order valence-corrected chi connectivity index (χ3v) is 2.98. The van der Waals surface area contributed by atoms with Gasteiger partial charge in [-0.1, -0.05) is 24.3 Å². The largest absolute Gasteiger partial charge is 0.492 e. The highest BCUT2D eigenvalue weighted by Crippen LogP contribution is 2.18. The van der Waals surface area contributed by atoms with Crippen molar-refractivity contribution < 1.29 is 9.13 Å². The lowest BCUT2D eigenvalue weighted by atomic mass is 10.0. The predicted octanol–water partition coefficient (Wildman–Crippen LogP) is 3.47. The van der Waals surface area contributed by atoms with Crippen LogP contribution in [-0.2, 0) is 0 Å². The number of ether oxygens (including phenoxy) is 1. The number of para-hydroxylation sites is 1. The molecule has 100 valence electrons. The van der Waals surface area contributed by atoms with Gasteiger partial charge in [0.05, 0.1) is 6.04 Å².